The summed E-state index contributed by atoms with van der Waals surface area (Å²) in [5.41, 5.74) is 2.82. The van der Waals surface area contributed by atoms with Crippen LogP contribution in [0.3, 0.4) is 0 Å². The molecule has 2 aromatic heterocycles. The summed E-state index contributed by atoms with van der Waals surface area (Å²) in [7, 11) is 1.64. The fraction of sp³-hybridized carbons (Fsp3) is 0.350. The standard InChI is InChI=1S/C20H23N5O2/c1-3-23-10-12-24(13-11-23)20(26)17-14-25-9-8-21-18(19(25)22-17)15-4-6-16(27-2)7-5-15/h4-9,14H,3,10-13H2,1-2H3. The first-order valence-corrected chi connectivity index (χ1v) is 9.19. The number of imidazole rings is 1. The highest BCUT2D eigenvalue weighted by atomic mass is 16.5. The molecule has 1 saturated heterocycles. The molecule has 0 radical (unpaired) electrons. The summed E-state index contributed by atoms with van der Waals surface area (Å²) in [4.78, 5) is 26.2. The summed E-state index contributed by atoms with van der Waals surface area (Å²) >= 11 is 0. The van der Waals surface area contributed by atoms with Crippen LogP contribution in [0.1, 0.15) is 17.4 Å². The Hall–Kier alpha value is -2.93. The van der Waals surface area contributed by atoms with E-state index >= 15 is 0 Å². The molecule has 3 aromatic rings. The van der Waals surface area contributed by atoms with Crippen LogP contribution in [0.15, 0.2) is 42.9 Å². The molecule has 7 nitrogen and oxygen atoms in total. The molecule has 0 N–H and O–H groups in total. The van der Waals surface area contributed by atoms with Crippen LogP contribution in [0.2, 0.25) is 0 Å². The fourth-order valence-electron chi connectivity index (χ4n) is 3.40. The Balaban J connectivity index is 1.63. The van der Waals surface area contributed by atoms with Gasteiger partial charge in [-0.3, -0.25) is 9.78 Å². The minimum absolute atomic E-state index is 0.0184. The highest BCUT2D eigenvalue weighted by Gasteiger charge is 2.24. The Labute approximate surface area is 158 Å². The number of rotatable bonds is 4. The third-order valence-corrected chi connectivity index (χ3v) is 5.06. The molecule has 0 saturated carbocycles. The van der Waals surface area contributed by atoms with Gasteiger partial charge in [0.1, 0.15) is 17.1 Å². The Morgan fingerprint density at radius 1 is 1.15 bits per heavy atom. The quantitative estimate of drug-likeness (QED) is 0.709. The number of aromatic nitrogens is 3. The van der Waals surface area contributed by atoms with Gasteiger partial charge in [0, 0.05) is 50.3 Å². The lowest BCUT2D eigenvalue weighted by molar-refractivity contribution is 0.0638. The summed E-state index contributed by atoms with van der Waals surface area (Å²) in [6, 6.07) is 7.67. The fourth-order valence-corrected chi connectivity index (χ4v) is 3.40. The van der Waals surface area contributed by atoms with Gasteiger partial charge in [-0.25, -0.2) is 4.98 Å². The second kappa shape index (κ2) is 7.36. The average molecular weight is 365 g/mol. The van der Waals surface area contributed by atoms with Crippen LogP contribution in [0, 0.1) is 0 Å². The first-order valence-electron chi connectivity index (χ1n) is 9.19. The SMILES string of the molecule is CCN1CCN(C(=O)c2cn3ccnc(-c4ccc(OC)cc4)c3n2)CC1. The lowest BCUT2D eigenvalue weighted by Crippen LogP contribution is -2.48. The van der Waals surface area contributed by atoms with Crippen molar-refractivity contribution < 1.29 is 9.53 Å². The molecular formula is C20H23N5O2. The lowest BCUT2D eigenvalue weighted by atomic mass is 10.1. The van der Waals surface area contributed by atoms with Crippen molar-refractivity contribution in [2.45, 2.75) is 6.92 Å². The van der Waals surface area contributed by atoms with Gasteiger partial charge in [-0.1, -0.05) is 6.92 Å². The molecule has 1 fully saturated rings. The van der Waals surface area contributed by atoms with Crippen LogP contribution in [0.25, 0.3) is 16.9 Å². The van der Waals surface area contributed by atoms with Crippen molar-refractivity contribution in [2.24, 2.45) is 0 Å². The van der Waals surface area contributed by atoms with E-state index in [4.69, 9.17) is 4.74 Å². The van der Waals surface area contributed by atoms with E-state index in [1.165, 1.54) is 0 Å². The molecule has 1 aliphatic heterocycles. The van der Waals surface area contributed by atoms with Crippen LogP contribution in [0.5, 0.6) is 5.75 Å². The molecule has 140 valence electrons. The van der Waals surface area contributed by atoms with Crippen molar-refractivity contribution >= 4 is 11.6 Å². The number of carbonyl (C=O) groups excluding carboxylic acids is 1. The number of methoxy groups -OCH3 is 1. The van der Waals surface area contributed by atoms with E-state index in [1.807, 2.05) is 39.8 Å². The summed E-state index contributed by atoms with van der Waals surface area (Å²) in [6.45, 7) is 6.47. The predicted molar refractivity (Wildman–Crippen MR) is 103 cm³/mol. The minimum atomic E-state index is -0.0184. The Bertz CT molecular complexity index is 943. The third kappa shape index (κ3) is 3.38. The number of amides is 1. The van der Waals surface area contributed by atoms with Gasteiger partial charge in [0.25, 0.3) is 5.91 Å². The molecule has 0 atom stereocenters. The molecule has 3 heterocycles. The number of hydrogen-bond acceptors (Lipinski definition) is 5. The van der Waals surface area contributed by atoms with Gasteiger partial charge in [0.05, 0.1) is 7.11 Å². The van der Waals surface area contributed by atoms with Crippen molar-refractivity contribution in [1.82, 2.24) is 24.2 Å². The van der Waals surface area contributed by atoms with Crippen molar-refractivity contribution in [3.05, 3.63) is 48.5 Å². The molecular weight excluding hydrogens is 342 g/mol. The van der Waals surface area contributed by atoms with Crippen molar-refractivity contribution in [3.63, 3.8) is 0 Å². The summed E-state index contributed by atoms with van der Waals surface area (Å²) < 4.78 is 7.08. The number of benzene rings is 1. The van der Waals surface area contributed by atoms with E-state index in [-0.39, 0.29) is 5.91 Å². The van der Waals surface area contributed by atoms with E-state index in [9.17, 15) is 4.79 Å². The molecule has 7 heteroatoms. The van der Waals surface area contributed by atoms with E-state index in [2.05, 4.69) is 21.8 Å². The zero-order valence-corrected chi connectivity index (χ0v) is 15.6. The van der Waals surface area contributed by atoms with Crippen LogP contribution < -0.4 is 4.74 Å². The lowest BCUT2D eigenvalue weighted by Gasteiger charge is -2.33. The zero-order valence-electron chi connectivity index (χ0n) is 15.6. The zero-order chi connectivity index (χ0) is 18.8. The molecule has 1 aliphatic rings. The molecule has 27 heavy (non-hydrogen) atoms. The van der Waals surface area contributed by atoms with Gasteiger partial charge in [-0.05, 0) is 30.8 Å². The van der Waals surface area contributed by atoms with Gasteiger partial charge in [-0.2, -0.15) is 0 Å². The number of hydrogen-bond donors (Lipinski definition) is 0. The summed E-state index contributed by atoms with van der Waals surface area (Å²) in [6.07, 6.45) is 5.34. The molecule has 1 amide bonds. The molecule has 0 bridgehead atoms. The van der Waals surface area contributed by atoms with E-state index in [1.54, 1.807) is 19.5 Å². The predicted octanol–water partition coefficient (Wildman–Crippen LogP) is 2.18. The van der Waals surface area contributed by atoms with E-state index < -0.39 is 0 Å². The summed E-state index contributed by atoms with van der Waals surface area (Å²) in [5.74, 6) is 0.770. The average Bonchev–Trinajstić information content (AvgIpc) is 3.18. The smallest absolute Gasteiger partial charge is 0.274 e. The number of nitrogens with zero attached hydrogens (tertiary/aromatic N) is 5. The van der Waals surface area contributed by atoms with Crippen molar-refractivity contribution in [2.75, 3.05) is 39.8 Å². The van der Waals surface area contributed by atoms with Crippen molar-refractivity contribution in [3.8, 4) is 17.0 Å². The first-order chi connectivity index (χ1) is 13.2. The van der Waals surface area contributed by atoms with Crippen molar-refractivity contribution in [1.29, 1.82) is 0 Å². The largest absolute Gasteiger partial charge is 0.497 e. The molecule has 4 rings (SSSR count). The Morgan fingerprint density at radius 2 is 1.89 bits per heavy atom. The number of carbonyl (C=O) groups is 1. The maximum atomic E-state index is 12.9. The van der Waals surface area contributed by atoms with Gasteiger partial charge in [0.2, 0.25) is 0 Å². The van der Waals surface area contributed by atoms with Crippen LogP contribution >= 0.6 is 0 Å². The molecule has 0 unspecified atom stereocenters. The van der Waals surface area contributed by atoms with E-state index in [0.717, 1.165) is 49.7 Å². The number of fused-ring (bicyclic) bond motifs is 1. The first kappa shape index (κ1) is 17.5. The van der Waals surface area contributed by atoms with Gasteiger partial charge in [0.15, 0.2) is 5.65 Å². The van der Waals surface area contributed by atoms with Gasteiger partial charge in [-0.15, -0.1) is 0 Å². The van der Waals surface area contributed by atoms with Crippen LogP contribution in [0.4, 0.5) is 0 Å². The molecule has 1 aromatic carbocycles. The normalized spacial score (nSPS) is 15.3. The van der Waals surface area contributed by atoms with Gasteiger partial charge >= 0.3 is 0 Å². The second-order valence-corrected chi connectivity index (χ2v) is 6.59. The van der Waals surface area contributed by atoms with Gasteiger partial charge < -0.3 is 18.9 Å². The third-order valence-electron chi connectivity index (χ3n) is 5.06. The van der Waals surface area contributed by atoms with Crippen LogP contribution in [-0.2, 0) is 0 Å². The molecule has 0 spiro atoms. The topological polar surface area (TPSA) is 63.0 Å². The number of ether oxygens (including phenoxy) is 1. The second-order valence-electron chi connectivity index (χ2n) is 6.59. The van der Waals surface area contributed by atoms with Crippen LogP contribution in [-0.4, -0.2) is 69.9 Å². The monoisotopic (exact) mass is 365 g/mol. The highest BCUT2D eigenvalue weighted by Crippen LogP contribution is 2.24. The van der Waals surface area contributed by atoms with E-state index in [0.29, 0.717) is 11.3 Å². The Kier molecular flexibility index (Phi) is 4.77. The Morgan fingerprint density at radius 3 is 2.56 bits per heavy atom. The molecule has 0 aliphatic carbocycles. The maximum absolute atomic E-state index is 12.9. The maximum Gasteiger partial charge on any atom is 0.274 e. The number of piperazine rings is 1. The summed E-state index contributed by atoms with van der Waals surface area (Å²) in [5, 5.41) is 0. The minimum Gasteiger partial charge on any atom is -0.497 e. The number of likely N-dealkylation sites (N-methyl/N-ethyl adjacent to an activating group) is 1. The highest BCUT2D eigenvalue weighted by molar-refractivity contribution is 5.93.